The molecule has 1 aromatic heterocycles. The number of benzene rings is 2. The minimum atomic E-state index is -4.34. The van der Waals surface area contributed by atoms with Crippen molar-refractivity contribution in [1.29, 1.82) is 0 Å². The number of H-pyrrole nitrogens is 1. The number of amides is 2. The molecule has 2 aliphatic heterocycles. The van der Waals surface area contributed by atoms with Crippen LogP contribution in [0.5, 0.6) is 5.75 Å². The highest BCUT2D eigenvalue weighted by Gasteiger charge is 2.48. The second-order valence-electron chi connectivity index (χ2n) is 10.1. The number of aromatic amines is 1. The Morgan fingerprint density at radius 2 is 1.85 bits per heavy atom. The molecule has 2 aromatic carbocycles. The monoisotopic (exact) mass is 574 g/mol. The lowest BCUT2D eigenvalue weighted by Crippen LogP contribution is -2.40. The van der Waals surface area contributed by atoms with E-state index in [1.807, 2.05) is 0 Å². The lowest BCUT2D eigenvalue weighted by Gasteiger charge is -2.30. The van der Waals surface area contributed by atoms with E-state index in [0.29, 0.717) is 29.5 Å². The molecule has 4 N–H and O–H groups in total. The third kappa shape index (κ3) is 4.93. The van der Waals surface area contributed by atoms with Crippen LogP contribution in [0.2, 0.25) is 0 Å². The summed E-state index contributed by atoms with van der Waals surface area (Å²) in [7, 11) is -2.87. The van der Waals surface area contributed by atoms with Crippen LogP contribution >= 0.6 is 0 Å². The van der Waals surface area contributed by atoms with Gasteiger partial charge < -0.3 is 20.7 Å². The molecule has 2 aliphatic rings. The molecule has 0 saturated carbocycles. The van der Waals surface area contributed by atoms with E-state index in [0.717, 1.165) is 29.4 Å². The van der Waals surface area contributed by atoms with Gasteiger partial charge in [0.15, 0.2) is 5.82 Å². The van der Waals surface area contributed by atoms with Gasteiger partial charge in [-0.25, -0.2) is 17.2 Å². The number of hydrogen-bond acceptors (Lipinski definition) is 7. The molecule has 3 aromatic rings. The zero-order chi connectivity index (χ0) is 28.8. The number of methoxy groups -OCH3 is 1. The van der Waals surface area contributed by atoms with Crippen molar-refractivity contribution < 1.29 is 31.5 Å². The van der Waals surface area contributed by atoms with Crippen LogP contribution in [-0.2, 0) is 26.9 Å². The van der Waals surface area contributed by atoms with Gasteiger partial charge >= 0.3 is 0 Å². The highest BCUT2D eigenvalue weighted by molar-refractivity contribution is 7.89. The first-order valence-corrected chi connectivity index (χ1v) is 14.0. The van der Waals surface area contributed by atoms with Crippen LogP contribution in [0.4, 0.5) is 20.3 Å². The highest BCUT2D eigenvalue weighted by atomic mass is 32.2. The molecule has 0 aliphatic carbocycles. The number of carbonyl (C=O) groups is 2. The van der Waals surface area contributed by atoms with Crippen LogP contribution in [0.25, 0.3) is 0 Å². The van der Waals surface area contributed by atoms with Gasteiger partial charge in [0.1, 0.15) is 17.4 Å². The van der Waals surface area contributed by atoms with Crippen molar-refractivity contribution in [2.45, 2.75) is 49.7 Å². The maximum Gasteiger partial charge on any atom is 0.258 e. The van der Waals surface area contributed by atoms with Crippen LogP contribution in [-0.4, -0.2) is 54.4 Å². The molecule has 1 saturated heterocycles. The van der Waals surface area contributed by atoms with E-state index in [4.69, 9.17) is 4.74 Å². The molecule has 1 fully saturated rings. The fourth-order valence-electron chi connectivity index (χ4n) is 5.04. The number of sulfonamides is 1. The van der Waals surface area contributed by atoms with Gasteiger partial charge in [-0.15, -0.1) is 0 Å². The summed E-state index contributed by atoms with van der Waals surface area (Å²) >= 11 is 0. The average Bonchev–Trinajstić information content (AvgIpc) is 3.62. The number of ether oxygens (including phenoxy) is 1. The Hall–Kier alpha value is -3.88. The summed E-state index contributed by atoms with van der Waals surface area (Å²) in [5.41, 5.74) is 0.00799. The molecular formula is C26H28F2N6O5S. The van der Waals surface area contributed by atoms with E-state index < -0.39 is 38.0 Å². The molecule has 212 valence electrons. The van der Waals surface area contributed by atoms with E-state index in [2.05, 4.69) is 26.1 Å². The molecule has 2 amide bonds. The second-order valence-corrected chi connectivity index (χ2v) is 12.0. The number of nitrogens with zero attached hydrogens (tertiary/aromatic N) is 2. The maximum atomic E-state index is 13.8. The minimum Gasteiger partial charge on any atom is -0.497 e. The standard InChI is InChI=1S/C26H28F2N6O5S/c1-26(2)22-19(13-34(26)40(37,38)17-10-14(27)9-15(28)11-17)23(33-32-22)31-24(35)18-7-6-16(39-3)12-21(18)30-25(36)20-5-4-8-29-20/h6-7,9-12,20,29H,4-5,8,13H2,1-3H3,(H,30,36)(H2,31,32,33,35)/t20-/m0/s1. The normalized spacial score (nSPS) is 18.4. The maximum absolute atomic E-state index is 13.8. The molecule has 11 nitrogen and oxygen atoms in total. The number of carbonyl (C=O) groups excluding carboxylic acids is 2. The third-order valence-corrected chi connectivity index (χ3v) is 9.16. The molecule has 1 atom stereocenters. The Morgan fingerprint density at radius 1 is 1.12 bits per heavy atom. The predicted octanol–water partition coefficient (Wildman–Crippen LogP) is 3.08. The highest BCUT2D eigenvalue weighted by Crippen LogP contribution is 2.44. The van der Waals surface area contributed by atoms with E-state index in [1.54, 1.807) is 19.9 Å². The summed E-state index contributed by atoms with van der Waals surface area (Å²) in [5.74, 6) is -2.40. The number of fused-ring (bicyclic) bond motifs is 1. The number of rotatable bonds is 7. The van der Waals surface area contributed by atoms with Gasteiger partial charge in [-0.1, -0.05) is 0 Å². The third-order valence-electron chi connectivity index (χ3n) is 7.17. The topological polar surface area (TPSA) is 146 Å². The molecule has 0 unspecified atom stereocenters. The summed E-state index contributed by atoms with van der Waals surface area (Å²) in [6.07, 6.45) is 1.54. The Balaban J connectivity index is 1.42. The van der Waals surface area contributed by atoms with Crippen molar-refractivity contribution in [3.8, 4) is 5.75 Å². The summed E-state index contributed by atoms with van der Waals surface area (Å²) in [4.78, 5) is 25.6. The minimum absolute atomic E-state index is 0.0850. The first-order valence-electron chi connectivity index (χ1n) is 12.5. The van der Waals surface area contributed by atoms with Gasteiger partial charge in [-0.05, 0) is 57.5 Å². The number of aromatic nitrogens is 2. The van der Waals surface area contributed by atoms with Crippen LogP contribution in [0.1, 0.15) is 48.3 Å². The number of hydrogen-bond donors (Lipinski definition) is 4. The number of halogens is 2. The summed E-state index contributed by atoms with van der Waals surface area (Å²) in [6.45, 7) is 3.74. The van der Waals surface area contributed by atoms with Crippen LogP contribution in [0.15, 0.2) is 41.3 Å². The average molecular weight is 575 g/mol. The van der Waals surface area contributed by atoms with E-state index in [9.17, 15) is 26.8 Å². The van der Waals surface area contributed by atoms with Crippen molar-refractivity contribution in [2.24, 2.45) is 0 Å². The fourth-order valence-corrected chi connectivity index (χ4v) is 6.81. The van der Waals surface area contributed by atoms with Crippen molar-refractivity contribution in [3.05, 3.63) is 64.9 Å². The predicted molar refractivity (Wildman–Crippen MR) is 141 cm³/mol. The zero-order valence-corrected chi connectivity index (χ0v) is 22.8. The van der Waals surface area contributed by atoms with E-state index >= 15 is 0 Å². The molecule has 3 heterocycles. The largest absolute Gasteiger partial charge is 0.497 e. The van der Waals surface area contributed by atoms with Crippen molar-refractivity contribution in [1.82, 2.24) is 19.8 Å². The van der Waals surface area contributed by atoms with Crippen LogP contribution in [0, 0.1) is 11.6 Å². The Kier molecular flexibility index (Phi) is 7.10. The smallest absolute Gasteiger partial charge is 0.258 e. The lowest BCUT2D eigenvalue weighted by atomic mass is 10.0. The molecule has 14 heteroatoms. The van der Waals surface area contributed by atoms with E-state index in [-0.39, 0.29) is 35.6 Å². The Bertz CT molecular complexity index is 1580. The summed E-state index contributed by atoms with van der Waals surface area (Å²) in [5, 5.41) is 15.6. The van der Waals surface area contributed by atoms with Gasteiger partial charge in [0, 0.05) is 24.2 Å². The zero-order valence-electron chi connectivity index (χ0n) is 22.0. The number of anilines is 2. The molecular weight excluding hydrogens is 546 g/mol. The molecule has 40 heavy (non-hydrogen) atoms. The van der Waals surface area contributed by atoms with Crippen LogP contribution < -0.4 is 20.7 Å². The summed E-state index contributed by atoms with van der Waals surface area (Å²) < 4.78 is 60.8. The fraction of sp³-hybridized carbons (Fsp3) is 0.346. The molecule has 0 radical (unpaired) electrons. The lowest BCUT2D eigenvalue weighted by molar-refractivity contribution is -0.117. The van der Waals surface area contributed by atoms with Gasteiger partial charge in [0.2, 0.25) is 15.9 Å². The van der Waals surface area contributed by atoms with Crippen molar-refractivity contribution in [3.63, 3.8) is 0 Å². The van der Waals surface area contributed by atoms with Gasteiger partial charge in [-0.3, -0.25) is 14.7 Å². The van der Waals surface area contributed by atoms with Crippen LogP contribution in [0.3, 0.4) is 0 Å². The van der Waals surface area contributed by atoms with Crippen molar-refractivity contribution in [2.75, 3.05) is 24.3 Å². The molecule has 0 bridgehead atoms. The van der Waals surface area contributed by atoms with Crippen molar-refractivity contribution >= 4 is 33.3 Å². The molecule has 0 spiro atoms. The van der Waals surface area contributed by atoms with E-state index in [1.165, 1.54) is 19.2 Å². The molecule has 5 rings (SSSR count). The Labute approximate surface area is 229 Å². The SMILES string of the molecule is COc1ccc(C(=O)Nc2n[nH]c3c2CN(S(=O)(=O)c2cc(F)cc(F)c2)C3(C)C)c(NC(=O)[C@@H]2CCCN2)c1. The second kappa shape index (κ2) is 10.3. The van der Waals surface area contributed by atoms with Gasteiger partial charge in [-0.2, -0.15) is 9.40 Å². The van der Waals surface area contributed by atoms with Gasteiger partial charge in [0.05, 0.1) is 40.5 Å². The first-order chi connectivity index (χ1) is 18.9. The quantitative estimate of drug-likeness (QED) is 0.339. The van der Waals surface area contributed by atoms with Gasteiger partial charge in [0.25, 0.3) is 5.91 Å². The first kappa shape index (κ1) is 27.7. The summed E-state index contributed by atoms with van der Waals surface area (Å²) in [6, 6.07) is 6.32. The Morgan fingerprint density at radius 3 is 2.50 bits per heavy atom. The number of nitrogens with one attached hydrogen (secondary N) is 4.